The smallest absolute Gasteiger partial charge is 0.306 e. The number of methoxy groups -OCH3 is 3. The summed E-state index contributed by atoms with van der Waals surface area (Å²) in [4.78, 5) is 38.5. The molecule has 0 spiro atoms. The summed E-state index contributed by atoms with van der Waals surface area (Å²) in [5, 5.41) is 31.9. The highest BCUT2D eigenvalue weighted by molar-refractivity contribution is 5.71. The van der Waals surface area contributed by atoms with Crippen LogP contribution < -0.4 is 0 Å². The van der Waals surface area contributed by atoms with E-state index in [1.165, 1.54) is 77.0 Å². The molecule has 0 saturated carbocycles. The van der Waals surface area contributed by atoms with Gasteiger partial charge in [0, 0.05) is 40.6 Å². The maximum atomic E-state index is 13.0. The Balaban J connectivity index is 4.77. The van der Waals surface area contributed by atoms with E-state index in [2.05, 4.69) is 20.8 Å². The molecule has 0 saturated heterocycles. The number of aliphatic hydroxyl groups excluding tert-OH is 3. The molecule has 428 valence electrons. The number of carbonyl (C=O) groups is 3. The van der Waals surface area contributed by atoms with E-state index in [4.69, 9.17) is 28.4 Å². The van der Waals surface area contributed by atoms with Crippen molar-refractivity contribution < 1.29 is 58.1 Å². The summed E-state index contributed by atoms with van der Waals surface area (Å²) in [5.74, 6) is -1.13. The quantitative estimate of drug-likeness (QED) is 0.0300. The summed E-state index contributed by atoms with van der Waals surface area (Å²) in [7, 11) is 5.04. The zero-order valence-corrected chi connectivity index (χ0v) is 47.7. The third-order valence-corrected chi connectivity index (χ3v) is 14.5. The van der Waals surface area contributed by atoms with Crippen molar-refractivity contribution in [3.63, 3.8) is 0 Å². The van der Waals surface area contributed by atoms with Gasteiger partial charge in [-0.25, -0.2) is 0 Å². The van der Waals surface area contributed by atoms with Crippen molar-refractivity contribution in [1.29, 1.82) is 0 Å². The fourth-order valence-electron chi connectivity index (χ4n) is 9.67. The standard InChI is InChI=1S/C60H116O12/c1-7-10-13-16-22-31-40-52(61)55(67-4)43-34-25-19-28-37-46-58(64)70-49-51(72-60(66)48-39-30-21-27-36-45-57(69-6)54(63)42-33-24-18-15-12-9-3)50-71-59(65)47-38-29-20-26-35-44-56(68-5)53(62)41-32-23-17-14-11-8-2/h51-57,61-63H,7-50H2,1-6H3. The summed E-state index contributed by atoms with van der Waals surface area (Å²) in [6.45, 7) is 6.32. The highest BCUT2D eigenvalue weighted by atomic mass is 16.6. The van der Waals surface area contributed by atoms with Crippen LogP contribution in [0.5, 0.6) is 0 Å². The van der Waals surface area contributed by atoms with E-state index >= 15 is 0 Å². The minimum absolute atomic E-state index is 0.140. The Kier molecular flexibility index (Phi) is 51.3. The van der Waals surface area contributed by atoms with Gasteiger partial charge in [-0.05, 0) is 57.8 Å². The van der Waals surface area contributed by atoms with Crippen molar-refractivity contribution in [2.75, 3.05) is 34.5 Å². The van der Waals surface area contributed by atoms with Gasteiger partial charge in [0.2, 0.25) is 0 Å². The van der Waals surface area contributed by atoms with Crippen molar-refractivity contribution in [3.8, 4) is 0 Å². The Hall–Kier alpha value is -1.83. The molecule has 0 aromatic heterocycles. The van der Waals surface area contributed by atoms with Crippen LogP contribution >= 0.6 is 0 Å². The molecule has 0 heterocycles. The Morgan fingerprint density at radius 3 is 0.833 bits per heavy atom. The number of hydrogen-bond acceptors (Lipinski definition) is 12. The summed E-state index contributed by atoms with van der Waals surface area (Å²) >= 11 is 0. The van der Waals surface area contributed by atoms with E-state index in [1.807, 2.05) is 0 Å². The van der Waals surface area contributed by atoms with Crippen LogP contribution in [-0.4, -0.2) is 110 Å². The molecule has 72 heavy (non-hydrogen) atoms. The van der Waals surface area contributed by atoms with Crippen molar-refractivity contribution in [2.24, 2.45) is 0 Å². The maximum Gasteiger partial charge on any atom is 0.306 e. The molecule has 6 atom stereocenters. The number of rotatable bonds is 56. The lowest BCUT2D eigenvalue weighted by atomic mass is 9.99. The summed E-state index contributed by atoms with van der Waals surface area (Å²) in [5.41, 5.74) is 0. The maximum absolute atomic E-state index is 13.0. The molecular formula is C60H116O12. The average Bonchev–Trinajstić information content (AvgIpc) is 3.37. The van der Waals surface area contributed by atoms with E-state index in [-0.39, 0.29) is 62.7 Å². The number of esters is 3. The van der Waals surface area contributed by atoms with Crippen LogP contribution in [0, 0.1) is 0 Å². The molecule has 0 rings (SSSR count). The largest absolute Gasteiger partial charge is 0.462 e. The average molecular weight is 1030 g/mol. The van der Waals surface area contributed by atoms with Gasteiger partial charge in [0.25, 0.3) is 0 Å². The van der Waals surface area contributed by atoms with Gasteiger partial charge in [-0.3, -0.25) is 14.4 Å². The SMILES string of the molecule is CCCCCCCCC(O)C(CCCCCCCC(=O)OCC(COC(=O)CCCCCCCC(OC)C(O)CCCCCCCC)OC(=O)CCCCCCCC(OC)C(O)CCCCCCCC)OC. The van der Waals surface area contributed by atoms with Crippen LogP contribution in [0.2, 0.25) is 0 Å². The first kappa shape index (κ1) is 70.2. The van der Waals surface area contributed by atoms with Crippen LogP contribution in [0.15, 0.2) is 0 Å². The van der Waals surface area contributed by atoms with Crippen LogP contribution in [0.3, 0.4) is 0 Å². The van der Waals surface area contributed by atoms with Crippen molar-refractivity contribution >= 4 is 17.9 Å². The third kappa shape index (κ3) is 43.4. The van der Waals surface area contributed by atoms with E-state index in [9.17, 15) is 29.7 Å². The van der Waals surface area contributed by atoms with Crippen molar-refractivity contribution in [1.82, 2.24) is 0 Å². The minimum atomic E-state index is -0.880. The molecule has 0 aromatic carbocycles. The zero-order valence-electron chi connectivity index (χ0n) is 47.7. The normalized spacial score (nSPS) is 14.6. The highest BCUT2D eigenvalue weighted by Crippen LogP contribution is 2.21. The molecule has 0 aliphatic carbocycles. The predicted molar refractivity (Wildman–Crippen MR) is 293 cm³/mol. The summed E-state index contributed by atoms with van der Waals surface area (Å²) < 4.78 is 33.7. The van der Waals surface area contributed by atoms with Crippen LogP contribution in [-0.2, 0) is 42.8 Å². The van der Waals surface area contributed by atoms with Gasteiger partial charge in [-0.15, -0.1) is 0 Å². The van der Waals surface area contributed by atoms with E-state index in [0.29, 0.717) is 19.3 Å². The highest BCUT2D eigenvalue weighted by Gasteiger charge is 2.22. The Labute approximate surface area is 442 Å². The number of ether oxygens (including phenoxy) is 6. The van der Waals surface area contributed by atoms with Crippen LogP contribution in [0.25, 0.3) is 0 Å². The first-order valence-electron chi connectivity index (χ1n) is 30.2. The number of carbonyl (C=O) groups excluding carboxylic acids is 3. The first-order valence-corrected chi connectivity index (χ1v) is 30.2. The summed E-state index contributed by atoms with van der Waals surface area (Å²) in [6, 6.07) is 0. The van der Waals surface area contributed by atoms with Gasteiger partial charge < -0.3 is 43.7 Å². The molecule has 6 unspecified atom stereocenters. The van der Waals surface area contributed by atoms with E-state index < -0.39 is 30.4 Å². The molecule has 3 N–H and O–H groups in total. The number of unbranched alkanes of at least 4 members (excludes halogenated alkanes) is 27. The van der Waals surface area contributed by atoms with Crippen molar-refractivity contribution in [3.05, 3.63) is 0 Å². The fourth-order valence-corrected chi connectivity index (χ4v) is 9.67. The Morgan fingerprint density at radius 2 is 0.556 bits per heavy atom. The molecule has 0 aliphatic rings. The summed E-state index contributed by atoms with van der Waals surface area (Å²) in [6.07, 6.45) is 38.0. The lowest BCUT2D eigenvalue weighted by molar-refractivity contribution is -0.167. The van der Waals surface area contributed by atoms with E-state index in [0.717, 1.165) is 154 Å². The van der Waals surface area contributed by atoms with Gasteiger partial charge >= 0.3 is 17.9 Å². The van der Waals surface area contributed by atoms with Crippen LogP contribution in [0.4, 0.5) is 0 Å². The second kappa shape index (κ2) is 52.6. The molecule has 0 radical (unpaired) electrons. The lowest BCUT2D eigenvalue weighted by Gasteiger charge is -2.21. The third-order valence-electron chi connectivity index (χ3n) is 14.5. The fraction of sp³-hybridized carbons (Fsp3) is 0.950. The van der Waals surface area contributed by atoms with E-state index in [1.54, 1.807) is 21.3 Å². The second-order valence-electron chi connectivity index (χ2n) is 21.1. The zero-order chi connectivity index (χ0) is 53.1. The Bertz CT molecular complexity index is 1130. The van der Waals surface area contributed by atoms with Gasteiger partial charge in [-0.1, -0.05) is 213 Å². The van der Waals surface area contributed by atoms with Gasteiger partial charge in [0.1, 0.15) is 13.2 Å². The number of aliphatic hydroxyl groups is 3. The Morgan fingerprint density at radius 1 is 0.319 bits per heavy atom. The topological polar surface area (TPSA) is 167 Å². The number of hydrogen-bond donors (Lipinski definition) is 3. The predicted octanol–water partition coefficient (Wildman–Crippen LogP) is 14.6. The lowest BCUT2D eigenvalue weighted by Crippen LogP contribution is -2.30. The monoisotopic (exact) mass is 1030 g/mol. The molecule has 12 nitrogen and oxygen atoms in total. The van der Waals surface area contributed by atoms with Gasteiger partial charge in [0.15, 0.2) is 6.10 Å². The molecule has 0 amide bonds. The van der Waals surface area contributed by atoms with Crippen molar-refractivity contribution in [2.45, 2.75) is 333 Å². The molecular weight excluding hydrogens is 913 g/mol. The molecule has 12 heteroatoms. The first-order chi connectivity index (χ1) is 35.1. The molecule has 0 aromatic rings. The molecule has 0 aliphatic heterocycles. The van der Waals surface area contributed by atoms with Gasteiger partial charge in [0.05, 0.1) is 36.6 Å². The molecule has 0 bridgehead atoms. The second-order valence-corrected chi connectivity index (χ2v) is 21.1. The van der Waals surface area contributed by atoms with Gasteiger partial charge in [-0.2, -0.15) is 0 Å². The minimum Gasteiger partial charge on any atom is -0.462 e. The molecule has 0 fully saturated rings. The van der Waals surface area contributed by atoms with Crippen LogP contribution in [0.1, 0.15) is 290 Å².